The Morgan fingerprint density at radius 3 is 2.80 bits per heavy atom. The quantitative estimate of drug-likeness (QED) is 0.381. The Balaban J connectivity index is 2.47. The van der Waals surface area contributed by atoms with Crippen molar-refractivity contribution in [3.8, 4) is 0 Å². The van der Waals surface area contributed by atoms with Crippen LogP contribution in [0.15, 0.2) is 0 Å². The van der Waals surface area contributed by atoms with Crippen molar-refractivity contribution in [3.05, 3.63) is 0 Å². The van der Waals surface area contributed by atoms with E-state index in [0.717, 1.165) is 0 Å². The van der Waals surface area contributed by atoms with Gasteiger partial charge in [-0.3, -0.25) is 9.59 Å². The molecule has 1 saturated heterocycles. The number of piperazine rings is 1. The topological polar surface area (TPSA) is 84.2 Å². The molecule has 5 nitrogen and oxygen atoms in total. The van der Waals surface area contributed by atoms with E-state index >= 15 is 0 Å². The van der Waals surface area contributed by atoms with Crippen molar-refractivity contribution >= 4 is 11.8 Å². The van der Waals surface area contributed by atoms with Crippen LogP contribution < -0.4 is 16.4 Å². The zero-order chi connectivity index (χ0) is 7.56. The van der Waals surface area contributed by atoms with E-state index in [0.29, 0.717) is 6.54 Å². The molecule has 0 spiro atoms. The van der Waals surface area contributed by atoms with Gasteiger partial charge in [-0.1, -0.05) is 0 Å². The van der Waals surface area contributed by atoms with Gasteiger partial charge in [-0.15, -0.1) is 0 Å². The first-order chi connectivity index (χ1) is 4.70. The van der Waals surface area contributed by atoms with Gasteiger partial charge in [0.2, 0.25) is 11.8 Å². The highest BCUT2D eigenvalue weighted by atomic mass is 16.2. The summed E-state index contributed by atoms with van der Waals surface area (Å²) >= 11 is 0. The lowest BCUT2D eigenvalue weighted by Crippen LogP contribution is -2.57. The van der Waals surface area contributed by atoms with Crippen molar-refractivity contribution in [2.24, 2.45) is 5.73 Å². The van der Waals surface area contributed by atoms with Crippen LogP contribution in [-0.2, 0) is 9.59 Å². The standard InChI is InChI=1S/C5H9N3O2/c6-5(10)3-1-7-2-4(9)8-3/h3,7H,1-2H2,(H2,6,10)(H,8,9). The second-order valence-electron chi connectivity index (χ2n) is 2.15. The Kier molecular flexibility index (Phi) is 1.86. The molecule has 0 aromatic carbocycles. The molecule has 1 rings (SSSR count). The van der Waals surface area contributed by atoms with Crippen molar-refractivity contribution in [3.63, 3.8) is 0 Å². The van der Waals surface area contributed by atoms with Gasteiger partial charge in [-0.2, -0.15) is 0 Å². The van der Waals surface area contributed by atoms with E-state index in [1.54, 1.807) is 0 Å². The number of amides is 2. The predicted octanol–water partition coefficient (Wildman–Crippen LogP) is -2.44. The van der Waals surface area contributed by atoms with Crippen LogP contribution >= 0.6 is 0 Å². The number of nitrogens with two attached hydrogens (primary N) is 1. The molecule has 0 bridgehead atoms. The van der Waals surface area contributed by atoms with Crippen LogP contribution in [0.3, 0.4) is 0 Å². The van der Waals surface area contributed by atoms with E-state index in [2.05, 4.69) is 10.6 Å². The summed E-state index contributed by atoms with van der Waals surface area (Å²) < 4.78 is 0. The number of rotatable bonds is 1. The van der Waals surface area contributed by atoms with Crippen molar-refractivity contribution in [2.45, 2.75) is 6.04 Å². The van der Waals surface area contributed by atoms with Gasteiger partial charge in [0.05, 0.1) is 6.54 Å². The molecule has 0 saturated carbocycles. The molecule has 0 aromatic heterocycles. The molecule has 1 aliphatic heterocycles. The van der Waals surface area contributed by atoms with E-state index in [4.69, 9.17) is 5.73 Å². The van der Waals surface area contributed by atoms with Crippen molar-refractivity contribution in [1.29, 1.82) is 0 Å². The maximum Gasteiger partial charge on any atom is 0.241 e. The van der Waals surface area contributed by atoms with Gasteiger partial charge >= 0.3 is 0 Å². The van der Waals surface area contributed by atoms with E-state index in [1.165, 1.54) is 0 Å². The molecule has 1 unspecified atom stereocenters. The number of carbonyl (C=O) groups is 2. The van der Waals surface area contributed by atoms with Crippen molar-refractivity contribution in [2.75, 3.05) is 13.1 Å². The van der Waals surface area contributed by atoms with Crippen LogP contribution in [-0.4, -0.2) is 30.9 Å². The molecule has 1 aliphatic rings. The third-order valence-electron chi connectivity index (χ3n) is 1.31. The molecule has 0 aromatic rings. The lowest BCUT2D eigenvalue weighted by atomic mass is 10.2. The van der Waals surface area contributed by atoms with Crippen LogP contribution in [0.2, 0.25) is 0 Å². The second kappa shape index (κ2) is 2.66. The number of hydrogen-bond acceptors (Lipinski definition) is 3. The maximum absolute atomic E-state index is 10.6. The number of primary amides is 1. The van der Waals surface area contributed by atoms with Gasteiger partial charge in [0.1, 0.15) is 6.04 Å². The summed E-state index contributed by atoms with van der Waals surface area (Å²) in [5.74, 6) is -0.685. The SMILES string of the molecule is NC(=O)C1CNCC(=O)N1. The van der Waals surface area contributed by atoms with E-state index in [9.17, 15) is 9.59 Å². The summed E-state index contributed by atoms with van der Waals surface area (Å²) in [4.78, 5) is 21.1. The van der Waals surface area contributed by atoms with E-state index in [1.807, 2.05) is 0 Å². The smallest absolute Gasteiger partial charge is 0.241 e. The molecule has 10 heavy (non-hydrogen) atoms. The van der Waals surface area contributed by atoms with E-state index < -0.39 is 11.9 Å². The molecule has 0 radical (unpaired) electrons. The molecule has 1 heterocycles. The zero-order valence-corrected chi connectivity index (χ0v) is 5.39. The largest absolute Gasteiger partial charge is 0.368 e. The Morgan fingerprint density at radius 2 is 2.40 bits per heavy atom. The average Bonchev–Trinajstić information content (AvgIpc) is 1.88. The molecular formula is C5H9N3O2. The first-order valence-corrected chi connectivity index (χ1v) is 2.99. The third kappa shape index (κ3) is 1.44. The minimum atomic E-state index is -0.541. The van der Waals surface area contributed by atoms with Crippen LogP contribution in [0.4, 0.5) is 0 Å². The van der Waals surface area contributed by atoms with Gasteiger partial charge in [-0.25, -0.2) is 0 Å². The van der Waals surface area contributed by atoms with Crippen molar-refractivity contribution < 1.29 is 9.59 Å². The average molecular weight is 143 g/mol. The lowest BCUT2D eigenvalue weighted by Gasteiger charge is -2.20. The van der Waals surface area contributed by atoms with Gasteiger partial charge in [0, 0.05) is 6.54 Å². The van der Waals surface area contributed by atoms with Gasteiger partial charge in [0.15, 0.2) is 0 Å². The number of nitrogens with one attached hydrogen (secondary N) is 2. The summed E-state index contributed by atoms with van der Waals surface area (Å²) in [5.41, 5.74) is 4.94. The predicted molar refractivity (Wildman–Crippen MR) is 34.0 cm³/mol. The summed E-state index contributed by atoms with van der Waals surface area (Å²) in [5, 5.41) is 5.19. The Bertz CT molecular complexity index is 166. The summed E-state index contributed by atoms with van der Waals surface area (Å²) in [6.45, 7) is 0.699. The maximum atomic E-state index is 10.6. The number of carbonyl (C=O) groups excluding carboxylic acids is 2. The molecule has 1 fully saturated rings. The molecule has 2 amide bonds. The zero-order valence-electron chi connectivity index (χ0n) is 5.39. The summed E-state index contributed by atoms with van der Waals surface area (Å²) in [6.07, 6.45) is 0. The van der Waals surface area contributed by atoms with Gasteiger partial charge < -0.3 is 16.4 Å². The van der Waals surface area contributed by atoms with Gasteiger partial charge in [-0.05, 0) is 0 Å². The van der Waals surface area contributed by atoms with E-state index in [-0.39, 0.29) is 12.5 Å². The Labute approximate surface area is 58.0 Å². The van der Waals surface area contributed by atoms with Crippen LogP contribution in [0, 0.1) is 0 Å². The number of hydrogen-bond donors (Lipinski definition) is 3. The Hall–Kier alpha value is -1.10. The summed E-state index contributed by atoms with van der Waals surface area (Å²) in [7, 11) is 0. The minimum absolute atomic E-state index is 0.185. The van der Waals surface area contributed by atoms with Crippen LogP contribution in [0.5, 0.6) is 0 Å². The minimum Gasteiger partial charge on any atom is -0.368 e. The van der Waals surface area contributed by atoms with Crippen LogP contribution in [0.1, 0.15) is 0 Å². The third-order valence-corrected chi connectivity index (χ3v) is 1.31. The molecule has 56 valence electrons. The monoisotopic (exact) mass is 143 g/mol. The highest BCUT2D eigenvalue weighted by molar-refractivity contribution is 5.88. The summed E-state index contributed by atoms with van der Waals surface area (Å²) in [6, 6.07) is -0.541. The lowest BCUT2D eigenvalue weighted by molar-refractivity contribution is -0.128. The first kappa shape index (κ1) is 7.01. The van der Waals surface area contributed by atoms with Gasteiger partial charge in [0.25, 0.3) is 0 Å². The van der Waals surface area contributed by atoms with Crippen LogP contribution in [0.25, 0.3) is 0 Å². The fourth-order valence-corrected chi connectivity index (χ4v) is 0.798. The molecule has 1 atom stereocenters. The Morgan fingerprint density at radius 1 is 1.70 bits per heavy atom. The fourth-order valence-electron chi connectivity index (χ4n) is 0.798. The molecule has 0 aliphatic carbocycles. The molecule has 5 heteroatoms. The molecule has 4 N–H and O–H groups in total. The second-order valence-corrected chi connectivity index (χ2v) is 2.15. The first-order valence-electron chi connectivity index (χ1n) is 2.99. The molecular weight excluding hydrogens is 134 g/mol. The fraction of sp³-hybridized carbons (Fsp3) is 0.600. The normalized spacial score (nSPS) is 25.6. The highest BCUT2D eigenvalue weighted by Crippen LogP contribution is 1.85. The highest BCUT2D eigenvalue weighted by Gasteiger charge is 2.21. The van der Waals surface area contributed by atoms with Crippen molar-refractivity contribution in [1.82, 2.24) is 10.6 Å².